The Bertz CT molecular complexity index is 1160. The number of phenols is 1. The van der Waals surface area contributed by atoms with Crippen molar-refractivity contribution in [1.82, 2.24) is 10.2 Å². The van der Waals surface area contributed by atoms with Gasteiger partial charge in [-0.15, -0.1) is 0 Å². The third kappa shape index (κ3) is 8.63. The van der Waals surface area contributed by atoms with Crippen molar-refractivity contribution in [2.75, 3.05) is 12.4 Å². The van der Waals surface area contributed by atoms with Crippen LogP contribution in [-0.4, -0.2) is 52.2 Å². The Balaban J connectivity index is 2.64. The molecule has 9 heteroatoms. The van der Waals surface area contributed by atoms with Crippen LogP contribution in [0.5, 0.6) is 11.5 Å². The highest BCUT2D eigenvalue weighted by Gasteiger charge is 2.44. The number of rotatable bonds is 11. The zero-order valence-electron chi connectivity index (χ0n) is 25.2. The molecule has 0 saturated heterocycles. The lowest BCUT2D eigenvalue weighted by molar-refractivity contribution is -0.148. The summed E-state index contributed by atoms with van der Waals surface area (Å²) in [7, 11) is 1.56. The van der Waals surface area contributed by atoms with Crippen molar-refractivity contribution in [2.45, 2.75) is 91.5 Å². The second-order valence-corrected chi connectivity index (χ2v) is 11.6. The molecule has 0 fully saturated rings. The van der Waals surface area contributed by atoms with Crippen LogP contribution in [-0.2, 0) is 14.3 Å². The predicted molar refractivity (Wildman–Crippen MR) is 156 cm³/mol. The number of phenolic OH excluding ortho intramolecular Hbond substituents is 1. The van der Waals surface area contributed by atoms with Gasteiger partial charge in [0.2, 0.25) is 5.91 Å². The number of carbonyl (C=O) groups excluding carboxylic acids is 3. The zero-order valence-corrected chi connectivity index (χ0v) is 25.2. The molecule has 2 rings (SSSR count). The van der Waals surface area contributed by atoms with E-state index < -0.39 is 41.1 Å². The van der Waals surface area contributed by atoms with E-state index in [1.165, 1.54) is 17.0 Å². The minimum Gasteiger partial charge on any atom is -0.508 e. The molecule has 0 saturated carbocycles. The van der Waals surface area contributed by atoms with Crippen molar-refractivity contribution in [2.24, 2.45) is 5.92 Å². The molecular weight excluding hydrogens is 510 g/mol. The molecule has 0 radical (unpaired) electrons. The number of alkyl carbamates (subject to hydrolysis) is 1. The highest BCUT2D eigenvalue weighted by Crippen LogP contribution is 2.35. The molecule has 0 heterocycles. The molecule has 0 aliphatic carbocycles. The molecule has 2 aromatic carbocycles. The van der Waals surface area contributed by atoms with Gasteiger partial charge in [-0.05, 0) is 88.9 Å². The number of aromatic hydroxyl groups is 1. The van der Waals surface area contributed by atoms with Gasteiger partial charge in [-0.25, -0.2) is 4.79 Å². The lowest BCUT2D eigenvalue weighted by Crippen LogP contribution is -2.60. The van der Waals surface area contributed by atoms with Crippen LogP contribution in [0.15, 0.2) is 48.5 Å². The lowest BCUT2D eigenvalue weighted by atomic mass is 9.89. The maximum Gasteiger partial charge on any atom is 0.408 e. The van der Waals surface area contributed by atoms with E-state index in [0.29, 0.717) is 29.8 Å². The quantitative estimate of drug-likeness (QED) is 0.311. The Morgan fingerprint density at radius 1 is 1.00 bits per heavy atom. The van der Waals surface area contributed by atoms with Gasteiger partial charge in [-0.3, -0.25) is 9.59 Å². The fourth-order valence-corrected chi connectivity index (χ4v) is 4.21. The smallest absolute Gasteiger partial charge is 0.408 e. The van der Waals surface area contributed by atoms with Gasteiger partial charge in [0.1, 0.15) is 29.2 Å². The molecule has 220 valence electrons. The predicted octanol–water partition coefficient (Wildman–Crippen LogP) is 6.04. The topological polar surface area (TPSA) is 117 Å². The first-order chi connectivity index (χ1) is 18.6. The Morgan fingerprint density at radius 2 is 1.62 bits per heavy atom. The number of methoxy groups -OCH3 is 1. The summed E-state index contributed by atoms with van der Waals surface area (Å²) in [5, 5.41) is 16.0. The first-order valence-corrected chi connectivity index (χ1v) is 13.7. The van der Waals surface area contributed by atoms with Crippen molar-refractivity contribution in [3.8, 4) is 11.5 Å². The minimum atomic E-state index is -1.12. The van der Waals surface area contributed by atoms with Gasteiger partial charge >= 0.3 is 6.09 Å². The Morgan fingerprint density at radius 3 is 2.12 bits per heavy atom. The van der Waals surface area contributed by atoms with E-state index in [-0.39, 0.29) is 11.7 Å². The second kappa shape index (κ2) is 13.5. The number of nitrogens with zero attached hydrogens (tertiary/aromatic N) is 1. The van der Waals surface area contributed by atoms with E-state index in [1.807, 2.05) is 34.6 Å². The molecule has 0 spiro atoms. The number of benzene rings is 2. The van der Waals surface area contributed by atoms with Gasteiger partial charge in [0.15, 0.2) is 0 Å². The fourth-order valence-electron chi connectivity index (χ4n) is 4.21. The number of nitrogens with one attached hydrogen (secondary N) is 2. The van der Waals surface area contributed by atoms with Crippen LogP contribution in [0.4, 0.5) is 10.5 Å². The average Bonchev–Trinajstić information content (AvgIpc) is 2.88. The molecular formula is C31H45N3O6. The van der Waals surface area contributed by atoms with Gasteiger partial charge in [0.25, 0.3) is 5.91 Å². The first kappa shape index (κ1) is 32.5. The van der Waals surface area contributed by atoms with Crippen molar-refractivity contribution in [3.05, 3.63) is 54.1 Å². The SMILES string of the molecule is CCC(C)C(NC(=O)OC(C)(C)C)C(=O)N(C(C(=O)Nc1ccc(OC)cc1)c1cccc(O)c1)C(C)(C)CC. The van der Waals surface area contributed by atoms with Gasteiger partial charge in [0, 0.05) is 11.2 Å². The van der Waals surface area contributed by atoms with E-state index >= 15 is 0 Å². The molecule has 3 unspecified atom stereocenters. The largest absolute Gasteiger partial charge is 0.508 e. The Labute approximate surface area is 238 Å². The zero-order chi connectivity index (χ0) is 30.3. The van der Waals surface area contributed by atoms with Crippen LogP contribution < -0.4 is 15.4 Å². The molecule has 40 heavy (non-hydrogen) atoms. The van der Waals surface area contributed by atoms with E-state index in [9.17, 15) is 19.5 Å². The number of anilines is 1. The minimum absolute atomic E-state index is 0.0354. The third-order valence-electron chi connectivity index (χ3n) is 6.96. The Hall–Kier alpha value is -3.75. The lowest BCUT2D eigenvalue weighted by Gasteiger charge is -2.45. The number of hydrogen-bond donors (Lipinski definition) is 3. The average molecular weight is 556 g/mol. The normalized spacial score (nSPS) is 13.9. The molecule has 3 atom stereocenters. The van der Waals surface area contributed by atoms with E-state index in [0.717, 1.165) is 0 Å². The van der Waals surface area contributed by atoms with Crippen molar-refractivity contribution < 1.29 is 29.0 Å². The third-order valence-corrected chi connectivity index (χ3v) is 6.96. The van der Waals surface area contributed by atoms with Gasteiger partial charge in [-0.2, -0.15) is 0 Å². The summed E-state index contributed by atoms with van der Waals surface area (Å²) in [5.41, 5.74) is -0.618. The van der Waals surface area contributed by atoms with E-state index in [1.54, 1.807) is 64.3 Å². The summed E-state index contributed by atoms with van der Waals surface area (Å²) in [6, 6.07) is 11.1. The number of ether oxygens (including phenoxy) is 2. The van der Waals surface area contributed by atoms with Crippen LogP contribution in [0.1, 0.15) is 79.8 Å². The van der Waals surface area contributed by atoms with Crippen molar-refractivity contribution in [1.29, 1.82) is 0 Å². The Kier molecular flexibility index (Phi) is 11.0. The number of hydrogen-bond acceptors (Lipinski definition) is 6. The standard InChI is InChI=1S/C31H45N3O6/c1-10-20(3)25(33-29(38)40-30(4,5)6)28(37)34(31(7,8)11-2)26(21-13-12-14-23(35)19-21)27(36)32-22-15-17-24(39-9)18-16-22/h12-20,25-26,35H,10-11H2,1-9H3,(H,32,36)(H,33,38). The summed E-state index contributed by atoms with van der Waals surface area (Å²) >= 11 is 0. The number of amides is 3. The van der Waals surface area contributed by atoms with Crippen LogP contribution in [0.2, 0.25) is 0 Å². The van der Waals surface area contributed by atoms with Crippen LogP contribution in [0.3, 0.4) is 0 Å². The molecule has 3 N–H and O–H groups in total. The van der Waals surface area contributed by atoms with Crippen LogP contribution in [0, 0.1) is 5.92 Å². The number of carbonyl (C=O) groups is 3. The van der Waals surface area contributed by atoms with Gasteiger partial charge in [-0.1, -0.05) is 39.3 Å². The van der Waals surface area contributed by atoms with Crippen molar-refractivity contribution >= 4 is 23.6 Å². The summed E-state index contributed by atoms with van der Waals surface area (Å²) in [6.45, 7) is 14.7. The van der Waals surface area contributed by atoms with E-state index in [2.05, 4.69) is 10.6 Å². The summed E-state index contributed by atoms with van der Waals surface area (Å²) in [4.78, 5) is 42.9. The molecule has 0 aromatic heterocycles. The maximum absolute atomic E-state index is 14.5. The molecule has 0 aliphatic rings. The van der Waals surface area contributed by atoms with Crippen molar-refractivity contribution in [3.63, 3.8) is 0 Å². The van der Waals surface area contributed by atoms with Gasteiger partial charge < -0.3 is 30.1 Å². The summed E-state index contributed by atoms with van der Waals surface area (Å²) in [6.07, 6.45) is 0.405. The summed E-state index contributed by atoms with van der Waals surface area (Å²) < 4.78 is 10.7. The fraction of sp³-hybridized carbons (Fsp3) is 0.516. The second-order valence-electron chi connectivity index (χ2n) is 11.6. The molecule has 9 nitrogen and oxygen atoms in total. The molecule has 0 aliphatic heterocycles. The first-order valence-electron chi connectivity index (χ1n) is 13.7. The van der Waals surface area contributed by atoms with E-state index in [4.69, 9.17) is 9.47 Å². The molecule has 3 amide bonds. The maximum atomic E-state index is 14.5. The monoisotopic (exact) mass is 555 g/mol. The molecule has 2 aromatic rings. The van der Waals surface area contributed by atoms with Crippen LogP contribution in [0.25, 0.3) is 0 Å². The van der Waals surface area contributed by atoms with Gasteiger partial charge in [0.05, 0.1) is 7.11 Å². The molecule has 0 bridgehead atoms. The highest BCUT2D eigenvalue weighted by atomic mass is 16.6. The highest BCUT2D eigenvalue weighted by molar-refractivity contribution is 5.99. The summed E-state index contributed by atoms with van der Waals surface area (Å²) in [5.74, 6) is -0.552. The van der Waals surface area contributed by atoms with Crippen LogP contribution >= 0.6 is 0 Å².